The van der Waals surface area contributed by atoms with Gasteiger partial charge in [0.05, 0.1) is 19.6 Å². The highest BCUT2D eigenvalue weighted by Gasteiger charge is 2.48. The number of carboxylic acids is 1. The fourth-order valence-corrected chi connectivity index (χ4v) is 5.32. The summed E-state index contributed by atoms with van der Waals surface area (Å²) < 4.78 is 16.3. The van der Waals surface area contributed by atoms with Crippen LogP contribution in [0.1, 0.15) is 49.3 Å². The van der Waals surface area contributed by atoms with Gasteiger partial charge in [0.15, 0.2) is 11.5 Å². The number of fused-ring (bicyclic) bond motifs is 1. The molecular formula is C28H36N2O7. The van der Waals surface area contributed by atoms with E-state index in [2.05, 4.69) is 6.92 Å². The Hall–Kier alpha value is -3.30. The molecule has 2 heterocycles. The molecule has 200 valence electrons. The van der Waals surface area contributed by atoms with Crippen LogP contribution in [0.15, 0.2) is 42.5 Å². The van der Waals surface area contributed by atoms with E-state index in [1.54, 1.807) is 12.0 Å². The molecule has 4 rings (SSSR count). The minimum atomic E-state index is -0.915. The van der Waals surface area contributed by atoms with E-state index in [0.29, 0.717) is 43.3 Å². The van der Waals surface area contributed by atoms with E-state index in [4.69, 9.17) is 14.2 Å². The molecule has 1 saturated heterocycles. The van der Waals surface area contributed by atoms with Crippen LogP contribution in [0.4, 0.5) is 0 Å². The first kappa shape index (κ1) is 26.8. The van der Waals surface area contributed by atoms with E-state index in [-0.39, 0.29) is 31.8 Å². The molecule has 0 aromatic heterocycles. The second-order valence-electron chi connectivity index (χ2n) is 9.54. The quantitative estimate of drug-likeness (QED) is 0.446. The highest BCUT2D eigenvalue weighted by molar-refractivity contribution is 5.79. The molecule has 0 bridgehead atoms. The number of methoxy groups -OCH3 is 1. The van der Waals surface area contributed by atoms with Gasteiger partial charge in [0.2, 0.25) is 12.7 Å². The Kier molecular flexibility index (Phi) is 8.89. The molecule has 0 radical (unpaired) electrons. The number of carbonyl (C=O) groups is 2. The fraction of sp³-hybridized carbons (Fsp3) is 0.500. The minimum absolute atomic E-state index is 0.0152. The Labute approximate surface area is 217 Å². The lowest BCUT2D eigenvalue weighted by Gasteiger charge is -2.30. The molecule has 2 aromatic carbocycles. The van der Waals surface area contributed by atoms with E-state index < -0.39 is 17.9 Å². The average molecular weight is 513 g/mol. The van der Waals surface area contributed by atoms with Crippen LogP contribution in [0.2, 0.25) is 0 Å². The summed E-state index contributed by atoms with van der Waals surface area (Å²) in [6.45, 7) is 3.82. The van der Waals surface area contributed by atoms with Gasteiger partial charge in [0, 0.05) is 38.2 Å². The molecular weight excluding hydrogens is 476 g/mol. The fourth-order valence-electron chi connectivity index (χ4n) is 5.32. The number of carboxylic acid groups (broad SMARTS) is 1. The molecule has 0 aliphatic carbocycles. The second-order valence-corrected chi connectivity index (χ2v) is 9.54. The number of aliphatic hydroxyl groups is 1. The van der Waals surface area contributed by atoms with Gasteiger partial charge in [-0.05, 0) is 48.2 Å². The van der Waals surface area contributed by atoms with Gasteiger partial charge in [-0.1, -0.05) is 31.5 Å². The van der Waals surface area contributed by atoms with Crippen LogP contribution in [0.3, 0.4) is 0 Å². The third-order valence-corrected chi connectivity index (χ3v) is 7.22. The maximum absolute atomic E-state index is 13.5. The standard InChI is InChI=1S/C28H36N2O7/c1-3-4-12-29(13-5-14-31)25(32)17-30-16-22(20-8-11-23-24(15-20)37-18-36-23)26(28(33)34)27(30)19-6-9-21(35-2)10-7-19/h6-11,15,22,26-27,31H,3-5,12-14,16-18H2,1-2H3,(H,33,34). The molecule has 2 N–H and O–H groups in total. The largest absolute Gasteiger partial charge is 0.497 e. The Morgan fingerprint density at radius 3 is 2.43 bits per heavy atom. The van der Waals surface area contributed by atoms with Crippen LogP contribution in [0.25, 0.3) is 0 Å². The molecule has 9 heteroatoms. The first-order valence-electron chi connectivity index (χ1n) is 12.9. The van der Waals surface area contributed by atoms with Gasteiger partial charge in [-0.3, -0.25) is 14.5 Å². The second kappa shape index (κ2) is 12.3. The van der Waals surface area contributed by atoms with Crippen molar-refractivity contribution in [3.05, 3.63) is 53.6 Å². The molecule has 2 aromatic rings. The highest BCUT2D eigenvalue weighted by Crippen LogP contribution is 2.47. The number of unbranched alkanes of at least 4 members (excludes halogenated alkanes) is 1. The van der Waals surface area contributed by atoms with Gasteiger partial charge >= 0.3 is 5.97 Å². The van der Waals surface area contributed by atoms with Crippen molar-refractivity contribution >= 4 is 11.9 Å². The average Bonchev–Trinajstić information content (AvgIpc) is 3.53. The van der Waals surface area contributed by atoms with E-state index in [0.717, 1.165) is 24.0 Å². The van der Waals surface area contributed by atoms with Crippen molar-refractivity contribution < 1.29 is 34.0 Å². The predicted octanol–water partition coefficient (Wildman–Crippen LogP) is 3.28. The lowest BCUT2D eigenvalue weighted by atomic mass is 9.82. The van der Waals surface area contributed by atoms with Crippen LogP contribution in [0.5, 0.6) is 17.2 Å². The van der Waals surface area contributed by atoms with E-state index >= 15 is 0 Å². The third kappa shape index (κ3) is 5.99. The highest BCUT2D eigenvalue weighted by atomic mass is 16.7. The summed E-state index contributed by atoms with van der Waals surface area (Å²) in [5.41, 5.74) is 1.66. The number of benzene rings is 2. The summed E-state index contributed by atoms with van der Waals surface area (Å²) in [5.74, 6) is -0.179. The number of hydrogen-bond acceptors (Lipinski definition) is 7. The van der Waals surface area contributed by atoms with Gasteiger partial charge in [-0.25, -0.2) is 0 Å². The molecule has 0 saturated carbocycles. The zero-order valence-corrected chi connectivity index (χ0v) is 21.5. The van der Waals surface area contributed by atoms with Gasteiger partial charge in [0.1, 0.15) is 5.75 Å². The van der Waals surface area contributed by atoms with Crippen molar-refractivity contribution in [2.45, 2.75) is 38.1 Å². The number of nitrogens with zero attached hydrogens (tertiary/aromatic N) is 2. The lowest BCUT2D eigenvalue weighted by molar-refractivity contribution is -0.144. The molecule has 2 aliphatic heterocycles. The number of rotatable bonds is 12. The maximum atomic E-state index is 13.5. The molecule has 3 atom stereocenters. The lowest BCUT2D eigenvalue weighted by Crippen LogP contribution is -2.42. The number of ether oxygens (including phenoxy) is 3. The van der Waals surface area contributed by atoms with E-state index in [9.17, 15) is 19.8 Å². The molecule has 0 spiro atoms. The number of hydrogen-bond donors (Lipinski definition) is 2. The van der Waals surface area contributed by atoms with Crippen molar-refractivity contribution in [2.75, 3.05) is 46.7 Å². The topological polar surface area (TPSA) is 109 Å². The molecule has 37 heavy (non-hydrogen) atoms. The number of amides is 1. The van der Waals surface area contributed by atoms with Gasteiger partial charge in [-0.2, -0.15) is 0 Å². The third-order valence-electron chi connectivity index (χ3n) is 7.22. The van der Waals surface area contributed by atoms with Crippen molar-refractivity contribution in [3.63, 3.8) is 0 Å². The van der Waals surface area contributed by atoms with E-state index in [1.165, 1.54) is 0 Å². The van der Waals surface area contributed by atoms with Gasteiger partial charge < -0.3 is 29.3 Å². The predicted molar refractivity (Wildman–Crippen MR) is 137 cm³/mol. The molecule has 2 aliphatic rings. The van der Waals surface area contributed by atoms with Crippen molar-refractivity contribution in [1.82, 2.24) is 9.80 Å². The summed E-state index contributed by atoms with van der Waals surface area (Å²) >= 11 is 0. The summed E-state index contributed by atoms with van der Waals surface area (Å²) in [6, 6.07) is 12.4. The van der Waals surface area contributed by atoms with Crippen LogP contribution >= 0.6 is 0 Å². The minimum Gasteiger partial charge on any atom is -0.497 e. The zero-order chi connectivity index (χ0) is 26.4. The Morgan fingerprint density at radius 2 is 1.76 bits per heavy atom. The molecule has 3 unspecified atom stereocenters. The van der Waals surface area contributed by atoms with Crippen LogP contribution < -0.4 is 14.2 Å². The van der Waals surface area contributed by atoms with E-state index in [1.807, 2.05) is 47.4 Å². The normalized spacial score (nSPS) is 20.7. The Balaban J connectivity index is 1.67. The number of aliphatic hydroxyl groups excluding tert-OH is 1. The summed E-state index contributed by atoms with van der Waals surface area (Å²) in [7, 11) is 1.59. The molecule has 1 fully saturated rings. The molecule has 9 nitrogen and oxygen atoms in total. The van der Waals surface area contributed by atoms with Crippen LogP contribution in [-0.2, 0) is 9.59 Å². The van der Waals surface area contributed by atoms with Crippen LogP contribution in [0, 0.1) is 5.92 Å². The number of carbonyl (C=O) groups excluding carboxylic acids is 1. The summed E-state index contributed by atoms with van der Waals surface area (Å²) in [4.78, 5) is 30.0. The van der Waals surface area contributed by atoms with Crippen molar-refractivity contribution in [2.24, 2.45) is 5.92 Å². The maximum Gasteiger partial charge on any atom is 0.309 e. The Bertz CT molecular complexity index is 1070. The first-order chi connectivity index (χ1) is 18.0. The SMILES string of the molecule is CCCCN(CCCO)C(=O)CN1CC(c2ccc3c(c2)OCO3)C(C(=O)O)C1c1ccc(OC)cc1. The van der Waals surface area contributed by atoms with Crippen LogP contribution in [-0.4, -0.2) is 78.6 Å². The summed E-state index contributed by atoms with van der Waals surface area (Å²) in [6.07, 6.45) is 2.33. The van der Waals surface area contributed by atoms with Crippen molar-refractivity contribution in [3.8, 4) is 17.2 Å². The smallest absolute Gasteiger partial charge is 0.309 e. The zero-order valence-electron chi connectivity index (χ0n) is 21.5. The number of likely N-dealkylation sites (tertiary alicyclic amines) is 1. The monoisotopic (exact) mass is 512 g/mol. The first-order valence-corrected chi connectivity index (χ1v) is 12.9. The number of aliphatic carboxylic acids is 1. The van der Waals surface area contributed by atoms with Gasteiger partial charge in [-0.15, -0.1) is 0 Å². The molecule has 1 amide bonds. The van der Waals surface area contributed by atoms with Gasteiger partial charge in [0.25, 0.3) is 0 Å². The Morgan fingerprint density at radius 1 is 1.05 bits per heavy atom. The summed E-state index contributed by atoms with van der Waals surface area (Å²) in [5, 5.41) is 19.8. The van der Waals surface area contributed by atoms with Crippen molar-refractivity contribution in [1.29, 1.82) is 0 Å².